The number of benzene rings is 1. The van der Waals surface area contributed by atoms with E-state index in [1.807, 2.05) is 45.2 Å². The van der Waals surface area contributed by atoms with Gasteiger partial charge in [0.15, 0.2) is 0 Å². The topological polar surface area (TPSA) is 91.0 Å². The van der Waals surface area contributed by atoms with Crippen LogP contribution in [0.15, 0.2) is 42.0 Å². The summed E-state index contributed by atoms with van der Waals surface area (Å²) in [5.74, 6) is -0.385. The number of amides is 3. The average Bonchev–Trinajstić information content (AvgIpc) is 3.12. The first-order valence-corrected chi connectivity index (χ1v) is 12.8. The lowest BCUT2D eigenvalue weighted by Crippen LogP contribution is -2.60. The van der Waals surface area contributed by atoms with Gasteiger partial charge in [-0.3, -0.25) is 14.4 Å². The molecule has 2 N–H and O–H groups in total. The Morgan fingerprint density at radius 1 is 1.28 bits per heavy atom. The molecule has 0 saturated carbocycles. The van der Waals surface area contributed by atoms with Crippen molar-refractivity contribution in [3.05, 3.63) is 47.5 Å². The Labute approximate surface area is 215 Å². The number of carbonyl (C=O) groups is 3. The number of piperidine rings is 1. The molecule has 3 rings (SSSR count). The summed E-state index contributed by atoms with van der Waals surface area (Å²) in [7, 11) is 3.55. The Bertz CT molecular complexity index is 977. The second kappa shape index (κ2) is 11.6. The van der Waals surface area contributed by atoms with E-state index in [4.69, 9.17) is 4.74 Å². The molecule has 3 amide bonds. The van der Waals surface area contributed by atoms with Gasteiger partial charge in [-0.15, -0.1) is 0 Å². The van der Waals surface area contributed by atoms with Crippen molar-refractivity contribution in [2.24, 2.45) is 5.41 Å². The van der Waals surface area contributed by atoms with Gasteiger partial charge in [-0.05, 0) is 53.1 Å². The van der Waals surface area contributed by atoms with Crippen molar-refractivity contribution in [2.75, 3.05) is 46.9 Å². The summed E-state index contributed by atoms with van der Waals surface area (Å²) in [4.78, 5) is 43.9. The molecule has 8 heteroatoms. The highest BCUT2D eigenvalue weighted by atomic mass is 16.5. The molecule has 3 atom stereocenters. The van der Waals surface area contributed by atoms with Crippen LogP contribution in [0.4, 0.5) is 0 Å². The van der Waals surface area contributed by atoms with Crippen LogP contribution in [-0.2, 0) is 19.1 Å². The number of carbonyl (C=O) groups excluding carboxylic acids is 3. The van der Waals surface area contributed by atoms with Crippen LogP contribution in [0.5, 0.6) is 0 Å². The Morgan fingerprint density at radius 2 is 1.97 bits per heavy atom. The largest absolute Gasteiger partial charge is 0.374 e. The fourth-order valence-electron chi connectivity index (χ4n) is 5.17. The average molecular weight is 499 g/mol. The number of likely N-dealkylation sites (N-methyl/N-ethyl adjacent to an activating group) is 2. The van der Waals surface area contributed by atoms with Gasteiger partial charge in [0.05, 0.1) is 24.2 Å². The molecule has 0 aliphatic carbocycles. The van der Waals surface area contributed by atoms with Crippen LogP contribution in [0.1, 0.15) is 52.0 Å². The third-order valence-corrected chi connectivity index (χ3v) is 7.84. The van der Waals surface area contributed by atoms with Gasteiger partial charge in [0, 0.05) is 32.6 Å². The van der Waals surface area contributed by atoms with E-state index in [-0.39, 0.29) is 30.2 Å². The third-order valence-electron chi connectivity index (χ3n) is 7.84. The summed E-state index contributed by atoms with van der Waals surface area (Å²) in [6.07, 6.45) is 3.43. The monoisotopic (exact) mass is 498 g/mol. The number of rotatable bonds is 9. The molecule has 2 unspecified atom stereocenters. The predicted octanol–water partition coefficient (Wildman–Crippen LogP) is 2.32. The number of ether oxygens (including phenoxy) is 1. The van der Waals surface area contributed by atoms with Crippen molar-refractivity contribution in [2.45, 2.75) is 58.0 Å². The Morgan fingerprint density at radius 3 is 2.61 bits per heavy atom. The van der Waals surface area contributed by atoms with Gasteiger partial charge in [0.2, 0.25) is 17.7 Å². The molecule has 1 aromatic carbocycles. The minimum absolute atomic E-state index is 0.0108. The lowest BCUT2D eigenvalue weighted by molar-refractivity contribution is -0.147. The predicted molar refractivity (Wildman–Crippen MR) is 140 cm³/mol. The lowest BCUT2D eigenvalue weighted by Gasteiger charge is -2.43. The molecule has 0 bridgehead atoms. The minimum atomic E-state index is -0.844. The molecule has 198 valence electrons. The zero-order valence-electron chi connectivity index (χ0n) is 22.6. The SMILES string of the molecule is C/C=C(\C)COC[C@@H](NC(=O)C(C)(C)NC)C(=O)N1CCCC2(C1)C(=O)N(C)CC2c1ccccc1. The second-order valence-electron chi connectivity index (χ2n) is 10.7. The standard InChI is InChI=1S/C28H42N4O4/c1-7-20(2)17-36-18-23(30-25(34)27(3,4)29-5)24(33)32-15-11-14-28(19-32)22(16-31(6)26(28)35)21-12-9-8-10-13-21/h7-10,12-13,22-23,29H,11,14-19H2,1-6H3,(H,30,34)/b20-7+/t22?,23-,28?/m1/s1. The van der Waals surface area contributed by atoms with Crippen molar-refractivity contribution in [3.8, 4) is 0 Å². The smallest absolute Gasteiger partial charge is 0.247 e. The van der Waals surface area contributed by atoms with E-state index in [1.165, 1.54) is 0 Å². The van der Waals surface area contributed by atoms with Gasteiger partial charge in [-0.25, -0.2) is 0 Å². The van der Waals surface area contributed by atoms with Crippen molar-refractivity contribution < 1.29 is 19.1 Å². The fourth-order valence-corrected chi connectivity index (χ4v) is 5.17. The molecule has 8 nitrogen and oxygen atoms in total. The summed E-state index contributed by atoms with van der Waals surface area (Å²) >= 11 is 0. The van der Waals surface area contributed by atoms with Crippen molar-refractivity contribution in [1.29, 1.82) is 0 Å². The lowest BCUT2D eigenvalue weighted by atomic mass is 9.69. The molecular weight excluding hydrogens is 456 g/mol. The van der Waals surface area contributed by atoms with Gasteiger partial charge in [-0.1, -0.05) is 42.0 Å². The van der Waals surface area contributed by atoms with Crippen LogP contribution in [-0.4, -0.2) is 86.0 Å². The number of hydrogen-bond acceptors (Lipinski definition) is 5. The molecule has 2 heterocycles. The fraction of sp³-hybridized carbons (Fsp3) is 0.607. The molecule has 1 spiro atoms. The van der Waals surface area contributed by atoms with Gasteiger partial charge in [0.25, 0.3) is 0 Å². The molecule has 1 aromatic rings. The summed E-state index contributed by atoms with van der Waals surface area (Å²) in [6.45, 7) is 9.39. The maximum Gasteiger partial charge on any atom is 0.247 e. The summed E-state index contributed by atoms with van der Waals surface area (Å²) in [5, 5.41) is 5.89. The Balaban J connectivity index is 1.84. The van der Waals surface area contributed by atoms with Crippen LogP contribution in [0.2, 0.25) is 0 Å². The summed E-state index contributed by atoms with van der Waals surface area (Å²) in [5.41, 5.74) is 0.662. The molecule has 36 heavy (non-hydrogen) atoms. The van der Waals surface area contributed by atoms with Gasteiger partial charge in [-0.2, -0.15) is 0 Å². The van der Waals surface area contributed by atoms with E-state index in [1.54, 1.807) is 30.7 Å². The van der Waals surface area contributed by atoms with Crippen LogP contribution >= 0.6 is 0 Å². The van der Waals surface area contributed by atoms with E-state index in [0.717, 1.165) is 24.0 Å². The molecular formula is C28H42N4O4. The first-order valence-electron chi connectivity index (χ1n) is 12.8. The molecule has 2 aliphatic rings. The molecule has 2 aliphatic heterocycles. The van der Waals surface area contributed by atoms with Crippen LogP contribution < -0.4 is 10.6 Å². The zero-order valence-corrected chi connectivity index (χ0v) is 22.6. The number of hydrogen-bond donors (Lipinski definition) is 2. The molecule has 2 fully saturated rings. The highest BCUT2D eigenvalue weighted by Crippen LogP contribution is 2.49. The first kappa shape index (κ1) is 27.9. The highest BCUT2D eigenvalue weighted by Gasteiger charge is 2.55. The van der Waals surface area contributed by atoms with Gasteiger partial charge < -0.3 is 25.2 Å². The number of nitrogens with zero attached hydrogens (tertiary/aromatic N) is 2. The van der Waals surface area contributed by atoms with E-state index in [0.29, 0.717) is 26.2 Å². The number of allylic oxidation sites excluding steroid dienone is 1. The quantitative estimate of drug-likeness (QED) is 0.510. The van der Waals surface area contributed by atoms with E-state index >= 15 is 0 Å². The van der Waals surface area contributed by atoms with Crippen molar-refractivity contribution >= 4 is 17.7 Å². The Kier molecular flexibility index (Phi) is 8.95. The van der Waals surface area contributed by atoms with Crippen LogP contribution in [0.3, 0.4) is 0 Å². The van der Waals surface area contributed by atoms with Gasteiger partial charge >= 0.3 is 0 Å². The van der Waals surface area contributed by atoms with Crippen molar-refractivity contribution in [1.82, 2.24) is 20.4 Å². The number of nitrogens with one attached hydrogen (secondary N) is 2. The highest BCUT2D eigenvalue weighted by molar-refractivity contribution is 5.93. The number of likely N-dealkylation sites (tertiary alicyclic amines) is 2. The molecule has 2 saturated heterocycles. The maximum atomic E-state index is 13.8. The maximum absolute atomic E-state index is 13.8. The van der Waals surface area contributed by atoms with Crippen LogP contribution in [0, 0.1) is 5.41 Å². The first-order chi connectivity index (χ1) is 17.1. The minimum Gasteiger partial charge on any atom is -0.374 e. The Hall–Kier alpha value is -2.71. The second-order valence-corrected chi connectivity index (χ2v) is 10.7. The summed E-state index contributed by atoms with van der Waals surface area (Å²) in [6, 6.07) is 9.27. The normalized spacial score (nSPS) is 23.8. The molecule has 0 aromatic heterocycles. The molecule has 0 radical (unpaired) electrons. The van der Waals surface area contributed by atoms with Gasteiger partial charge in [0.1, 0.15) is 6.04 Å². The van der Waals surface area contributed by atoms with E-state index in [9.17, 15) is 14.4 Å². The summed E-state index contributed by atoms with van der Waals surface area (Å²) < 4.78 is 5.83. The van der Waals surface area contributed by atoms with Crippen LogP contribution in [0.25, 0.3) is 0 Å². The van der Waals surface area contributed by atoms with E-state index < -0.39 is 17.0 Å². The zero-order chi connectivity index (χ0) is 26.5. The third kappa shape index (κ3) is 5.81. The van der Waals surface area contributed by atoms with Crippen molar-refractivity contribution in [3.63, 3.8) is 0 Å². The van der Waals surface area contributed by atoms with E-state index in [2.05, 4.69) is 22.8 Å².